The minimum atomic E-state index is -2.50. The van der Waals surface area contributed by atoms with E-state index in [1.807, 2.05) is 39.9 Å². The van der Waals surface area contributed by atoms with Crippen LogP contribution in [-0.4, -0.2) is 37.4 Å². The smallest absolute Gasteiger partial charge is 0.243 e. The van der Waals surface area contributed by atoms with Crippen molar-refractivity contribution in [3.63, 3.8) is 0 Å². The van der Waals surface area contributed by atoms with E-state index in [0.29, 0.717) is 33.8 Å². The number of amides is 1. The maximum atomic E-state index is 13.3. The molecule has 0 aromatic heterocycles. The summed E-state index contributed by atoms with van der Waals surface area (Å²) in [5.41, 5.74) is 2.21. The maximum Gasteiger partial charge on any atom is 0.243 e. The standard InChI is InChI=1S/C26H34ClN3O3Si/c1-17(14-26(3,4)34(5,6)33)24(30-21-13-12-20(15-28)23(27)18(21)2)25(32)29-16-22(31)19-10-8-7-9-11-19/h7-13,17,24,30,33H,14,16H2,1-6H3,(H,29,32)/t17-,24?/m1/s1. The Hall–Kier alpha value is -2.66. The van der Waals surface area contributed by atoms with Gasteiger partial charge in [-0.1, -0.05) is 62.7 Å². The zero-order chi connectivity index (χ0) is 25.7. The van der Waals surface area contributed by atoms with Crippen molar-refractivity contribution in [2.45, 2.75) is 58.3 Å². The summed E-state index contributed by atoms with van der Waals surface area (Å²) < 4.78 is 0. The molecule has 0 saturated heterocycles. The normalized spacial score (nSPS) is 13.5. The van der Waals surface area contributed by atoms with Gasteiger partial charge < -0.3 is 15.4 Å². The van der Waals surface area contributed by atoms with Gasteiger partial charge in [-0.05, 0) is 55.1 Å². The van der Waals surface area contributed by atoms with Crippen molar-refractivity contribution >= 4 is 37.3 Å². The highest BCUT2D eigenvalue weighted by Crippen LogP contribution is 2.42. The minimum Gasteiger partial charge on any atom is -0.432 e. The number of Topliss-reactive ketones (excluding diaryl/α,β-unsaturated/α-hetero) is 1. The number of ketones is 1. The van der Waals surface area contributed by atoms with Crippen LogP contribution in [0.1, 0.15) is 48.7 Å². The first kappa shape index (κ1) is 27.6. The van der Waals surface area contributed by atoms with Gasteiger partial charge in [0.25, 0.3) is 0 Å². The second-order valence-electron chi connectivity index (χ2n) is 9.96. The number of rotatable bonds is 10. The van der Waals surface area contributed by atoms with Gasteiger partial charge in [0.1, 0.15) is 12.1 Å². The van der Waals surface area contributed by atoms with Crippen LogP contribution in [0.5, 0.6) is 0 Å². The van der Waals surface area contributed by atoms with Crippen molar-refractivity contribution in [1.29, 1.82) is 5.26 Å². The van der Waals surface area contributed by atoms with Gasteiger partial charge in [0.2, 0.25) is 5.91 Å². The van der Waals surface area contributed by atoms with E-state index < -0.39 is 14.4 Å². The number of nitriles is 1. The lowest BCUT2D eigenvalue weighted by atomic mass is 9.90. The van der Waals surface area contributed by atoms with Gasteiger partial charge >= 0.3 is 0 Å². The number of benzene rings is 2. The lowest BCUT2D eigenvalue weighted by Gasteiger charge is -2.39. The molecule has 1 amide bonds. The molecular formula is C26H34ClN3O3Si. The maximum absolute atomic E-state index is 13.3. The number of carbonyl (C=O) groups excluding carboxylic acids is 2. The lowest BCUT2D eigenvalue weighted by molar-refractivity contribution is -0.122. The van der Waals surface area contributed by atoms with Crippen molar-refractivity contribution in [3.05, 3.63) is 64.2 Å². The molecule has 0 fully saturated rings. The number of nitrogens with zero attached hydrogens (tertiary/aromatic N) is 1. The predicted octanol–water partition coefficient (Wildman–Crippen LogP) is 5.30. The van der Waals surface area contributed by atoms with E-state index in [4.69, 9.17) is 11.6 Å². The van der Waals surface area contributed by atoms with Gasteiger partial charge in [0, 0.05) is 11.3 Å². The Kier molecular flexibility index (Phi) is 9.06. The third-order valence-corrected chi connectivity index (χ3v) is 10.7. The Morgan fingerprint density at radius 2 is 1.79 bits per heavy atom. The zero-order valence-electron chi connectivity index (χ0n) is 20.7. The van der Waals surface area contributed by atoms with E-state index in [0.717, 1.165) is 0 Å². The van der Waals surface area contributed by atoms with Crippen molar-refractivity contribution in [2.24, 2.45) is 5.92 Å². The summed E-state index contributed by atoms with van der Waals surface area (Å²) in [6.45, 7) is 11.5. The second kappa shape index (κ2) is 11.2. The third-order valence-electron chi connectivity index (χ3n) is 6.68. The highest BCUT2D eigenvalue weighted by atomic mass is 35.5. The van der Waals surface area contributed by atoms with Crippen LogP contribution < -0.4 is 10.6 Å². The van der Waals surface area contributed by atoms with E-state index in [9.17, 15) is 19.6 Å². The number of hydrogen-bond acceptors (Lipinski definition) is 5. The number of halogens is 1. The molecule has 2 atom stereocenters. The molecule has 0 spiro atoms. The molecule has 3 N–H and O–H groups in total. The van der Waals surface area contributed by atoms with E-state index in [1.54, 1.807) is 43.3 Å². The topological polar surface area (TPSA) is 102 Å². The molecule has 0 aliphatic carbocycles. The molecule has 0 aliphatic heterocycles. The molecule has 0 bridgehead atoms. The monoisotopic (exact) mass is 499 g/mol. The van der Waals surface area contributed by atoms with Crippen LogP contribution in [0.15, 0.2) is 42.5 Å². The zero-order valence-corrected chi connectivity index (χ0v) is 22.5. The molecule has 0 heterocycles. The van der Waals surface area contributed by atoms with Gasteiger partial charge in [-0.25, -0.2) is 0 Å². The van der Waals surface area contributed by atoms with Gasteiger partial charge in [-0.2, -0.15) is 5.26 Å². The van der Waals surface area contributed by atoms with Gasteiger partial charge in [0.15, 0.2) is 14.1 Å². The highest BCUT2D eigenvalue weighted by Gasteiger charge is 2.41. The van der Waals surface area contributed by atoms with Gasteiger partial charge in [-0.3, -0.25) is 9.59 Å². The van der Waals surface area contributed by atoms with Crippen LogP contribution in [-0.2, 0) is 4.79 Å². The summed E-state index contributed by atoms with van der Waals surface area (Å²) in [6, 6.07) is 13.5. The summed E-state index contributed by atoms with van der Waals surface area (Å²) in [5, 5.41) is 15.3. The van der Waals surface area contributed by atoms with E-state index in [-0.39, 0.29) is 29.2 Å². The predicted molar refractivity (Wildman–Crippen MR) is 140 cm³/mol. The van der Waals surface area contributed by atoms with Crippen molar-refractivity contribution in [2.75, 3.05) is 11.9 Å². The van der Waals surface area contributed by atoms with Crippen LogP contribution >= 0.6 is 11.6 Å². The summed E-state index contributed by atoms with van der Waals surface area (Å²) in [6.07, 6.45) is 0.601. The number of carbonyl (C=O) groups is 2. The molecule has 2 aromatic carbocycles. The van der Waals surface area contributed by atoms with E-state index >= 15 is 0 Å². The molecular weight excluding hydrogens is 466 g/mol. The summed E-state index contributed by atoms with van der Waals surface area (Å²) in [4.78, 5) is 36.6. The largest absolute Gasteiger partial charge is 0.432 e. The first-order chi connectivity index (χ1) is 15.8. The van der Waals surface area contributed by atoms with E-state index in [2.05, 4.69) is 16.7 Å². The van der Waals surface area contributed by atoms with Crippen LogP contribution in [0.3, 0.4) is 0 Å². The Balaban J connectivity index is 2.29. The van der Waals surface area contributed by atoms with Crippen molar-refractivity contribution in [3.8, 4) is 6.07 Å². The molecule has 1 unspecified atom stereocenters. The lowest BCUT2D eigenvalue weighted by Crippen LogP contribution is -2.48. The summed E-state index contributed by atoms with van der Waals surface area (Å²) >= 11 is 6.34. The third kappa shape index (κ3) is 6.69. The fraction of sp³-hybridized carbons (Fsp3) is 0.423. The van der Waals surface area contributed by atoms with Crippen LogP contribution in [0.25, 0.3) is 0 Å². The van der Waals surface area contributed by atoms with Crippen molar-refractivity contribution < 1.29 is 14.4 Å². The quantitative estimate of drug-likeness (QED) is 0.304. The SMILES string of the molecule is Cc1c(NC(C(=O)NCC(=O)c2ccccc2)[C@H](C)CC(C)(C)[Si](C)(C)O)ccc(C#N)c1Cl. The molecule has 2 rings (SSSR count). The highest BCUT2D eigenvalue weighted by molar-refractivity contribution is 6.72. The molecule has 0 aliphatic rings. The molecule has 8 heteroatoms. The van der Waals surface area contributed by atoms with E-state index in [1.165, 1.54) is 0 Å². The molecule has 0 saturated carbocycles. The van der Waals surface area contributed by atoms with Gasteiger partial charge in [-0.15, -0.1) is 0 Å². The first-order valence-corrected chi connectivity index (χ1v) is 14.6. The summed E-state index contributed by atoms with van der Waals surface area (Å²) in [7, 11) is -2.50. The molecule has 2 aromatic rings. The summed E-state index contributed by atoms with van der Waals surface area (Å²) in [5.74, 6) is -0.665. The molecule has 6 nitrogen and oxygen atoms in total. The first-order valence-electron chi connectivity index (χ1n) is 11.3. The number of anilines is 1. The fourth-order valence-corrected chi connectivity index (χ4v) is 4.77. The Bertz CT molecular complexity index is 1080. The Labute approximate surface area is 208 Å². The Morgan fingerprint density at radius 1 is 1.18 bits per heavy atom. The van der Waals surface area contributed by atoms with Crippen LogP contribution in [0.2, 0.25) is 23.2 Å². The minimum absolute atomic E-state index is 0.121. The second-order valence-corrected chi connectivity index (χ2v) is 14.8. The Morgan fingerprint density at radius 3 is 2.35 bits per heavy atom. The van der Waals surface area contributed by atoms with Crippen LogP contribution in [0.4, 0.5) is 5.69 Å². The molecule has 182 valence electrons. The molecule has 0 radical (unpaired) electrons. The molecule has 34 heavy (non-hydrogen) atoms. The van der Waals surface area contributed by atoms with Gasteiger partial charge in [0.05, 0.1) is 17.1 Å². The number of hydrogen-bond donors (Lipinski definition) is 3. The number of nitrogens with one attached hydrogen (secondary N) is 2. The average molecular weight is 500 g/mol. The fourth-order valence-electron chi connectivity index (χ4n) is 3.74. The van der Waals surface area contributed by atoms with Crippen LogP contribution in [0, 0.1) is 24.2 Å². The van der Waals surface area contributed by atoms with Crippen molar-refractivity contribution in [1.82, 2.24) is 5.32 Å². The average Bonchev–Trinajstić information content (AvgIpc) is 2.77.